The molecule has 10 heteroatoms. The Bertz CT molecular complexity index is 1460. The first-order valence-corrected chi connectivity index (χ1v) is 13.5. The molecule has 1 atom stereocenters. The summed E-state index contributed by atoms with van der Waals surface area (Å²) in [7, 11) is 1.54. The SMILES string of the molecule is COc1ccccc1NC(=O)CSC1=Nc2ccccc2C2=NC(=O)C(CC(=O)NCCc3ccccc3)N12. The topological polar surface area (TPSA) is 112 Å². The quantitative estimate of drug-likeness (QED) is 0.427. The van der Waals surface area contributed by atoms with Gasteiger partial charge in [-0.1, -0.05) is 66.4 Å². The maximum absolute atomic E-state index is 13.0. The zero-order chi connectivity index (χ0) is 27.2. The number of carbonyl (C=O) groups is 3. The molecule has 2 heterocycles. The van der Waals surface area contributed by atoms with E-state index in [1.165, 1.54) is 18.9 Å². The van der Waals surface area contributed by atoms with Gasteiger partial charge in [0.25, 0.3) is 5.91 Å². The summed E-state index contributed by atoms with van der Waals surface area (Å²) in [5.74, 6) is 0.111. The molecule has 0 bridgehead atoms. The maximum atomic E-state index is 13.0. The van der Waals surface area contributed by atoms with Crippen LogP contribution in [-0.4, -0.2) is 59.1 Å². The molecule has 9 nitrogen and oxygen atoms in total. The summed E-state index contributed by atoms with van der Waals surface area (Å²) >= 11 is 1.18. The van der Waals surface area contributed by atoms with E-state index in [9.17, 15) is 14.4 Å². The molecule has 1 unspecified atom stereocenters. The van der Waals surface area contributed by atoms with Gasteiger partial charge in [0.2, 0.25) is 11.8 Å². The third-order valence-electron chi connectivity index (χ3n) is 6.28. The molecule has 3 aromatic rings. The second-order valence-corrected chi connectivity index (χ2v) is 9.84. The van der Waals surface area contributed by atoms with E-state index in [0.717, 1.165) is 5.56 Å². The van der Waals surface area contributed by atoms with E-state index in [2.05, 4.69) is 15.6 Å². The van der Waals surface area contributed by atoms with E-state index in [4.69, 9.17) is 9.73 Å². The molecule has 0 fully saturated rings. The zero-order valence-electron chi connectivity index (χ0n) is 21.3. The smallest absolute Gasteiger partial charge is 0.271 e. The van der Waals surface area contributed by atoms with Gasteiger partial charge in [0.1, 0.15) is 17.6 Å². The predicted molar refractivity (Wildman–Crippen MR) is 153 cm³/mol. The van der Waals surface area contributed by atoms with Crippen molar-refractivity contribution in [3.8, 4) is 5.75 Å². The van der Waals surface area contributed by atoms with Crippen molar-refractivity contribution in [3.63, 3.8) is 0 Å². The average molecular weight is 542 g/mol. The van der Waals surface area contributed by atoms with Crippen LogP contribution in [0.3, 0.4) is 0 Å². The lowest BCUT2D eigenvalue weighted by Gasteiger charge is -2.30. The van der Waals surface area contributed by atoms with Crippen molar-refractivity contribution < 1.29 is 19.1 Å². The highest BCUT2D eigenvalue weighted by Crippen LogP contribution is 2.35. The van der Waals surface area contributed by atoms with Gasteiger partial charge in [-0.25, -0.2) is 4.99 Å². The minimum atomic E-state index is -0.839. The van der Waals surface area contributed by atoms with Gasteiger partial charge >= 0.3 is 0 Å². The van der Waals surface area contributed by atoms with E-state index in [1.54, 1.807) is 17.0 Å². The molecular formula is C29H27N5O4S. The number of carbonyl (C=O) groups excluding carboxylic acids is 3. The van der Waals surface area contributed by atoms with Gasteiger partial charge in [-0.15, -0.1) is 0 Å². The lowest BCUT2D eigenvalue weighted by atomic mass is 10.1. The molecule has 3 aromatic carbocycles. The zero-order valence-corrected chi connectivity index (χ0v) is 22.1. The third-order valence-corrected chi connectivity index (χ3v) is 7.23. The number of nitrogens with zero attached hydrogens (tertiary/aromatic N) is 3. The summed E-state index contributed by atoms with van der Waals surface area (Å²) in [5, 5.41) is 6.19. The largest absolute Gasteiger partial charge is 0.495 e. The van der Waals surface area contributed by atoms with E-state index >= 15 is 0 Å². The van der Waals surface area contributed by atoms with Crippen molar-refractivity contribution in [3.05, 3.63) is 90.0 Å². The molecule has 2 aliphatic heterocycles. The molecule has 5 rings (SSSR count). The summed E-state index contributed by atoms with van der Waals surface area (Å²) in [6.45, 7) is 0.457. The summed E-state index contributed by atoms with van der Waals surface area (Å²) in [5.41, 5.74) is 3.04. The molecule has 0 aromatic heterocycles. The molecule has 2 N–H and O–H groups in total. The Labute approximate surface area is 230 Å². The van der Waals surface area contributed by atoms with E-state index in [1.807, 2.05) is 66.7 Å². The number of hydrogen-bond donors (Lipinski definition) is 2. The van der Waals surface area contributed by atoms with Crippen LogP contribution in [0.2, 0.25) is 0 Å². The Morgan fingerprint density at radius 1 is 0.949 bits per heavy atom. The van der Waals surface area contributed by atoms with Crippen molar-refractivity contribution >= 4 is 51.9 Å². The molecule has 0 spiro atoms. The first-order valence-electron chi connectivity index (χ1n) is 12.5. The first kappa shape index (κ1) is 26.2. The predicted octanol–water partition coefficient (Wildman–Crippen LogP) is 3.77. The summed E-state index contributed by atoms with van der Waals surface area (Å²) in [6, 6.07) is 23.5. The number of anilines is 1. The van der Waals surface area contributed by atoms with Crippen LogP contribution < -0.4 is 15.4 Å². The number of rotatable bonds is 9. The molecule has 198 valence electrons. The highest BCUT2D eigenvalue weighted by Gasteiger charge is 2.42. The van der Waals surface area contributed by atoms with Crippen LogP contribution in [0.4, 0.5) is 11.4 Å². The summed E-state index contributed by atoms with van der Waals surface area (Å²) in [6.07, 6.45) is 0.615. The number of ether oxygens (including phenoxy) is 1. The molecule has 0 saturated carbocycles. The van der Waals surface area contributed by atoms with Crippen LogP contribution in [0.15, 0.2) is 88.8 Å². The number of para-hydroxylation sites is 3. The molecule has 0 saturated heterocycles. The minimum absolute atomic E-state index is 0.0347. The van der Waals surface area contributed by atoms with Gasteiger partial charge in [0.05, 0.1) is 30.7 Å². The number of hydrogen-bond acceptors (Lipinski definition) is 7. The molecule has 0 radical (unpaired) electrons. The summed E-state index contributed by atoms with van der Waals surface area (Å²) in [4.78, 5) is 49.3. The van der Waals surface area contributed by atoms with Crippen LogP contribution >= 0.6 is 11.8 Å². The van der Waals surface area contributed by atoms with E-state index in [0.29, 0.717) is 46.7 Å². The highest BCUT2D eigenvalue weighted by atomic mass is 32.2. The second kappa shape index (κ2) is 12.0. The average Bonchev–Trinajstić information content (AvgIpc) is 3.28. The lowest BCUT2D eigenvalue weighted by Crippen LogP contribution is -2.46. The number of thioether (sulfide) groups is 1. The maximum Gasteiger partial charge on any atom is 0.271 e. The number of amides is 3. The fourth-order valence-corrected chi connectivity index (χ4v) is 5.25. The number of amidine groups is 2. The van der Waals surface area contributed by atoms with Crippen molar-refractivity contribution in [2.75, 3.05) is 24.7 Å². The number of benzene rings is 3. The number of methoxy groups -OCH3 is 1. The summed E-state index contributed by atoms with van der Waals surface area (Å²) < 4.78 is 5.31. The Morgan fingerprint density at radius 2 is 1.69 bits per heavy atom. The van der Waals surface area contributed by atoms with Gasteiger partial charge in [-0.2, -0.15) is 4.99 Å². The normalized spacial score (nSPS) is 15.6. The number of aliphatic imine (C=N–C) groups is 2. The van der Waals surface area contributed by atoms with Crippen LogP contribution in [0.25, 0.3) is 0 Å². The van der Waals surface area contributed by atoms with Crippen molar-refractivity contribution in [1.82, 2.24) is 10.2 Å². The molecule has 39 heavy (non-hydrogen) atoms. The fraction of sp³-hybridized carbons (Fsp3) is 0.207. The van der Waals surface area contributed by atoms with Crippen molar-refractivity contribution in [1.29, 1.82) is 0 Å². The van der Waals surface area contributed by atoms with Crippen LogP contribution in [-0.2, 0) is 20.8 Å². The van der Waals surface area contributed by atoms with Gasteiger partial charge in [-0.05, 0) is 36.2 Å². The van der Waals surface area contributed by atoms with Crippen molar-refractivity contribution in [2.45, 2.75) is 18.9 Å². The second-order valence-electron chi connectivity index (χ2n) is 8.90. The molecule has 0 aliphatic carbocycles. The van der Waals surface area contributed by atoms with Gasteiger partial charge < -0.3 is 15.4 Å². The van der Waals surface area contributed by atoms with Gasteiger partial charge in [0, 0.05) is 12.1 Å². The standard InChI is InChI=1S/C29H27N5O4S/c1-38-24-14-8-7-13-22(24)31-26(36)18-39-29-32-21-12-6-5-11-20(21)27-33-28(37)23(34(27)29)17-25(35)30-16-15-19-9-3-2-4-10-19/h2-14,23H,15-18H2,1H3,(H,30,35)(H,31,36). The van der Waals surface area contributed by atoms with E-state index in [-0.39, 0.29) is 24.0 Å². The first-order chi connectivity index (χ1) is 19.0. The Kier molecular flexibility index (Phi) is 8.02. The fourth-order valence-electron chi connectivity index (χ4n) is 4.41. The Morgan fingerprint density at radius 3 is 2.51 bits per heavy atom. The molecule has 3 amide bonds. The van der Waals surface area contributed by atoms with Crippen LogP contribution in [0.1, 0.15) is 17.5 Å². The van der Waals surface area contributed by atoms with Crippen LogP contribution in [0, 0.1) is 0 Å². The van der Waals surface area contributed by atoms with Gasteiger partial charge in [0.15, 0.2) is 5.17 Å². The molecular weight excluding hydrogens is 514 g/mol. The highest BCUT2D eigenvalue weighted by molar-refractivity contribution is 8.14. The Balaban J connectivity index is 1.28. The monoisotopic (exact) mass is 541 g/mol. The van der Waals surface area contributed by atoms with Gasteiger partial charge in [-0.3, -0.25) is 19.3 Å². The minimum Gasteiger partial charge on any atom is -0.495 e. The molecule has 2 aliphatic rings. The third kappa shape index (κ3) is 6.01. The number of fused-ring (bicyclic) bond motifs is 3. The lowest BCUT2D eigenvalue weighted by molar-refractivity contribution is -0.126. The van der Waals surface area contributed by atoms with Crippen LogP contribution in [0.5, 0.6) is 5.75 Å². The van der Waals surface area contributed by atoms with E-state index < -0.39 is 11.9 Å². The number of nitrogens with one attached hydrogen (secondary N) is 2. The van der Waals surface area contributed by atoms with Crippen molar-refractivity contribution in [2.24, 2.45) is 9.98 Å². The Hall–Kier alpha value is -4.44.